The van der Waals surface area contributed by atoms with Crippen molar-refractivity contribution in [2.75, 3.05) is 18.4 Å². The molecule has 0 saturated carbocycles. The van der Waals surface area contributed by atoms with Crippen LogP contribution in [-0.4, -0.2) is 28.5 Å². The summed E-state index contributed by atoms with van der Waals surface area (Å²) in [4.78, 5) is 15.4. The first-order valence-corrected chi connectivity index (χ1v) is 11.1. The van der Waals surface area contributed by atoms with Gasteiger partial charge in [-0.05, 0) is 55.2 Å². The Morgan fingerprint density at radius 2 is 1.87 bits per heavy atom. The summed E-state index contributed by atoms with van der Waals surface area (Å²) in [6.07, 6.45) is 4.69. The van der Waals surface area contributed by atoms with Crippen LogP contribution in [0.1, 0.15) is 43.4 Å². The number of benzene rings is 2. The number of likely N-dealkylation sites (tertiary alicyclic amines) is 1. The summed E-state index contributed by atoms with van der Waals surface area (Å²) in [7, 11) is 0. The van der Waals surface area contributed by atoms with Gasteiger partial charge in [0.1, 0.15) is 0 Å². The molecule has 3 heterocycles. The monoisotopic (exact) mass is 419 g/mol. The van der Waals surface area contributed by atoms with Gasteiger partial charge < -0.3 is 14.8 Å². The minimum absolute atomic E-state index is 0.0636. The first-order chi connectivity index (χ1) is 14.6. The van der Waals surface area contributed by atoms with Crippen molar-refractivity contribution < 1.29 is 4.79 Å². The van der Waals surface area contributed by atoms with Crippen LogP contribution in [0, 0.1) is 0 Å². The maximum Gasteiger partial charge on any atom is 0.230 e. The van der Waals surface area contributed by atoms with Gasteiger partial charge >= 0.3 is 0 Å². The van der Waals surface area contributed by atoms with E-state index >= 15 is 0 Å². The van der Waals surface area contributed by atoms with Crippen LogP contribution in [0.3, 0.4) is 0 Å². The van der Waals surface area contributed by atoms with E-state index in [1.165, 1.54) is 5.69 Å². The molecule has 0 unspecified atom stereocenters. The van der Waals surface area contributed by atoms with Gasteiger partial charge in [0, 0.05) is 30.0 Å². The lowest BCUT2D eigenvalue weighted by molar-refractivity contribution is -0.134. The molecule has 0 bridgehead atoms. The molecule has 1 saturated heterocycles. The van der Waals surface area contributed by atoms with E-state index in [0.717, 1.165) is 54.3 Å². The van der Waals surface area contributed by atoms with E-state index in [9.17, 15) is 4.79 Å². The number of halogens is 1. The van der Waals surface area contributed by atoms with Crippen molar-refractivity contribution in [3.05, 3.63) is 83.1 Å². The molecule has 30 heavy (non-hydrogen) atoms. The molecule has 2 aliphatic heterocycles. The van der Waals surface area contributed by atoms with Crippen molar-refractivity contribution in [3.8, 4) is 5.69 Å². The van der Waals surface area contributed by atoms with Gasteiger partial charge in [-0.1, -0.05) is 48.9 Å². The molecule has 5 rings (SSSR count). The smallest absolute Gasteiger partial charge is 0.230 e. The summed E-state index contributed by atoms with van der Waals surface area (Å²) in [6, 6.07) is 20.4. The van der Waals surface area contributed by atoms with E-state index in [1.54, 1.807) is 0 Å². The Morgan fingerprint density at radius 1 is 1.10 bits per heavy atom. The van der Waals surface area contributed by atoms with Gasteiger partial charge in [-0.15, -0.1) is 0 Å². The lowest BCUT2D eigenvalue weighted by Crippen LogP contribution is -2.51. The van der Waals surface area contributed by atoms with Crippen molar-refractivity contribution in [1.29, 1.82) is 0 Å². The molecule has 1 amide bonds. The maximum absolute atomic E-state index is 13.3. The summed E-state index contributed by atoms with van der Waals surface area (Å²) in [6.45, 7) is 3.60. The fraction of sp³-hybridized carbons (Fsp3) is 0.320. The number of nitrogens with one attached hydrogen (secondary N) is 1. The number of anilines is 1. The average Bonchev–Trinajstić information content (AvgIpc) is 3.28. The van der Waals surface area contributed by atoms with Gasteiger partial charge in [0.25, 0.3) is 0 Å². The third-order valence-corrected chi connectivity index (χ3v) is 6.90. The number of amides is 1. The zero-order valence-electron chi connectivity index (χ0n) is 17.1. The topological polar surface area (TPSA) is 37.3 Å². The first kappa shape index (κ1) is 19.3. The fourth-order valence-electron chi connectivity index (χ4n) is 5.06. The van der Waals surface area contributed by atoms with Gasteiger partial charge in [-0.2, -0.15) is 0 Å². The highest BCUT2D eigenvalue weighted by Gasteiger charge is 2.43. The van der Waals surface area contributed by atoms with Crippen molar-refractivity contribution >= 4 is 23.2 Å². The molecule has 0 radical (unpaired) electrons. The Morgan fingerprint density at radius 3 is 2.60 bits per heavy atom. The van der Waals surface area contributed by atoms with E-state index in [4.69, 9.17) is 11.6 Å². The number of nitrogens with zero attached hydrogens (tertiary/aromatic N) is 2. The van der Waals surface area contributed by atoms with Crippen molar-refractivity contribution in [1.82, 2.24) is 9.47 Å². The molecule has 1 atom stereocenters. The second kappa shape index (κ2) is 7.51. The van der Waals surface area contributed by atoms with E-state index < -0.39 is 0 Å². The lowest BCUT2D eigenvalue weighted by atomic mass is 9.81. The van der Waals surface area contributed by atoms with Gasteiger partial charge in [-0.3, -0.25) is 4.79 Å². The van der Waals surface area contributed by atoms with Crippen molar-refractivity contribution in [2.45, 2.75) is 37.6 Å². The number of aromatic nitrogens is 1. The predicted molar refractivity (Wildman–Crippen MR) is 121 cm³/mol. The van der Waals surface area contributed by atoms with Crippen LogP contribution in [0.4, 0.5) is 5.69 Å². The van der Waals surface area contributed by atoms with Crippen LogP contribution in [0.15, 0.2) is 66.9 Å². The Balaban J connectivity index is 1.38. The SMILES string of the molecule is CC[C@H](C(=O)N1CCC2(CC1)Nc1ccc(Cl)cc1-n1cccc12)c1ccccc1. The number of piperidine rings is 1. The first-order valence-electron chi connectivity index (χ1n) is 10.7. The molecule has 1 fully saturated rings. The van der Waals surface area contributed by atoms with E-state index in [0.29, 0.717) is 0 Å². The Kier molecular flexibility index (Phi) is 4.82. The number of hydrogen-bond acceptors (Lipinski definition) is 2. The molecule has 3 aromatic rings. The summed E-state index contributed by atoms with van der Waals surface area (Å²) in [5, 5.41) is 4.53. The van der Waals surface area contributed by atoms with Crippen LogP contribution in [0.5, 0.6) is 0 Å². The predicted octanol–water partition coefficient (Wildman–Crippen LogP) is 5.57. The molecule has 0 aliphatic carbocycles. The molecule has 2 aliphatic rings. The standard InChI is InChI=1S/C25H26ClN3O/c1-2-20(18-7-4-3-5-8-18)24(30)28-15-12-25(13-16-28)23-9-6-14-29(23)22-17-19(26)10-11-21(22)27-25/h3-11,14,17,20,27H,2,12-13,15-16H2,1H3/t20-/m0/s1. The number of carbonyl (C=O) groups excluding carboxylic acids is 1. The number of rotatable bonds is 3. The second-order valence-corrected chi connectivity index (χ2v) is 8.77. The zero-order valence-corrected chi connectivity index (χ0v) is 17.9. The van der Waals surface area contributed by atoms with E-state index in [1.807, 2.05) is 30.3 Å². The highest BCUT2D eigenvalue weighted by molar-refractivity contribution is 6.30. The molecule has 1 N–H and O–H groups in total. The van der Waals surface area contributed by atoms with Crippen LogP contribution in [-0.2, 0) is 10.3 Å². The van der Waals surface area contributed by atoms with Gasteiger partial charge in [-0.25, -0.2) is 0 Å². The van der Waals surface area contributed by atoms with Crippen LogP contribution in [0.25, 0.3) is 5.69 Å². The quantitative estimate of drug-likeness (QED) is 0.602. The van der Waals surface area contributed by atoms with E-state index in [2.05, 4.69) is 58.2 Å². The largest absolute Gasteiger partial charge is 0.372 e. The molecule has 4 nitrogen and oxygen atoms in total. The number of carbonyl (C=O) groups is 1. The maximum atomic E-state index is 13.3. The molecule has 154 valence electrons. The van der Waals surface area contributed by atoms with Gasteiger partial charge in [0.05, 0.1) is 22.8 Å². The Bertz CT molecular complexity index is 1070. The van der Waals surface area contributed by atoms with Crippen molar-refractivity contribution in [3.63, 3.8) is 0 Å². The average molecular weight is 420 g/mol. The molecular formula is C25H26ClN3O. The summed E-state index contributed by atoms with van der Waals surface area (Å²) < 4.78 is 2.24. The molecule has 1 spiro atoms. The third kappa shape index (κ3) is 3.10. The highest BCUT2D eigenvalue weighted by Crippen LogP contribution is 2.44. The molecule has 5 heteroatoms. The fourth-order valence-corrected chi connectivity index (χ4v) is 5.23. The third-order valence-electron chi connectivity index (χ3n) is 6.67. The summed E-state index contributed by atoms with van der Waals surface area (Å²) >= 11 is 6.25. The molecular weight excluding hydrogens is 394 g/mol. The summed E-state index contributed by atoms with van der Waals surface area (Å²) in [5.41, 5.74) is 4.39. The van der Waals surface area contributed by atoms with Crippen molar-refractivity contribution in [2.24, 2.45) is 0 Å². The molecule has 1 aromatic heterocycles. The van der Waals surface area contributed by atoms with Gasteiger partial charge in [0.2, 0.25) is 5.91 Å². The Hall–Kier alpha value is -2.72. The normalized spacial score (nSPS) is 17.7. The molecule has 2 aromatic carbocycles. The second-order valence-electron chi connectivity index (χ2n) is 8.33. The van der Waals surface area contributed by atoms with Crippen LogP contribution < -0.4 is 5.32 Å². The van der Waals surface area contributed by atoms with Gasteiger partial charge in [0.15, 0.2) is 0 Å². The number of hydrogen-bond donors (Lipinski definition) is 1. The minimum Gasteiger partial charge on any atom is -0.372 e. The minimum atomic E-state index is -0.157. The van der Waals surface area contributed by atoms with E-state index in [-0.39, 0.29) is 17.4 Å². The zero-order chi connectivity index (χ0) is 20.7. The summed E-state index contributed by atoms with van der Waals surface area (Å²) in [5.74, 6) is 0.184. The van der Waals surface area contributed by atoms with Crippen LogP contribution in [0.2, 0.25) is 5.02 Å². The highest BCUT2D eigenvalue weighted by atomic mass is 35.5. The number of fused-ring (bicyclic) bond motifs is 4. The Labute approximate surface area is 182 Å². The lowest BCUT2D eigenvalue weighted by Gasteiger charge is -2.46. The van der Waals surface area contributed by atoms with Crippen LogP contribution >= 0.6 is 11.6 Å².